The number of hydrogen-bond donors (Lipinski definition) is 0. The first-order valence-electron chi connectivity index (χ1n) is 6.71. The fourth-order valence-corrected chi connectivity index (χ4v) is 2.44. The van der Waals surface area contributed by atoms with Gasteiger partial charge in [-0.1, -0.05) is 38.1 Å². The van der Waals surface area contributed by atoms with Crippen LogP contribution in [0.2, 0.25) is 0 Å². The lowest BCUT2D eigenvalue weighted by Crippen LogP contribution is -2.02. The monoisotopic (exact) mass is 250 g/mol. The second-order valence-corrected chi connectivity index (χ2v) is 5.29. The smallest absolute Gasteiger partial charge is 0.117 e. The molecular formula is C17H18N2. The SMILES string of the molecule is Cc1ccc2c(c1)nc(C(C)C)n2-c1ccccc1. The van der Waals surface area contributed by atoms with Gasteiger partial charge in [-0.3, -0.25) is 4.57 Å². The van der Waals surface area contributed by atoms with E-state index in [1.165, 1.54) is 16.8 Å². The van der Waals surface area contributed by atoms with Gasteiger partial charge in [0.2, 0.25) is 0 Å². The maximum absolute atomic E-state index is 4.81. The van der Waals surface area contributed by atoms with Crippen LogP contribution in [0.5, 0.6) is 0 Å². The molecule has 1 aromatic heterocycles. The predicted molar refractivity (Wildman–Crippen MR) is 79.9 cm³/mol. The first-order valence-corrected chi connectivity index (χ1v) is 6.71. The number of aryl methyl sites for hydroxylation is 1. The van der Waals surface area contributed by atoms with Gasteiger partial charge in [-0.25, -0.2) is 4.98 Å². The molecule has 2 heteroatoms. The van der Waals surface area contributed by atoms with Crippen molar-refractivity contribution in [3.8, 4) is 5.69 Å². The number of rotatable bonds is 2. The van der Waals surface area contributed by atoms with Crippen LogP contribution in [-0.2, 0) is 0 Å². The summed E-state index contributed by atoms with van der Waals surface area (Å²) < 4.78 is 2.26. The Morgan fingerprint density at radius 2 is 1.74 bits per heavy atom. The van der Waals surface area contributed by atoms with Gasteiger partial charge in [0.25, 0.3) is 0 Å². The first kappa shape index (κ1) is 12.0. The normalized spacial score (nSPS) is 11.4. The quantitative estimate of drug-likeness (QED) is 0.656. The summed E-state index contributed by atoms with van der Waals surface area (Å²) in [5.74, 6) is 1.51. The summed E-state index contributed by atoms with van der Waals surface area (Å²) in [4.78, 5) is 4.81. The van der Waals surface area contributed by atoms with Crippen LogP contribution in [0, 0.1) is 6.92 Å². The van der Waals surface area contributed by atoms with Crippen LogP contribution in [-0.4, -0.2) is 9.55 Å². The van der Waals surface area contributed by atoms with Crippen LogP contribution in [0.25, 0.3) is 16.7 Å². The van der Waals surface area contributed by atoms with Crippen molar-refractivity contribution in [1.82, 2.24) is 9.55 Å². The molecule has 3 aromatic rings. The number of hydrogen-bond acceptors (Lipinski definition) is 1. The summed E-state index contributed by atoms with van der Waals surface area (Å²) in [5, 5.41) is 0. The fourth-order valence-electron chi connectivity index (χ4n) is 2.44. The molecule has 96 valence electrons. The third kappa shape index (κ3) is 2.03. The number of fused-ring (bicyclic) bond motifs is 1. The van der Waals surface area contributed by atoms with Gasteiger partial charge in [0, 0.05) is 11.6 Å². The lowest BCUT2D eigenvalue weighted by atomic mass is 10.2. The molecule has 1 heterocycles. The molecule has 0 aliphatic carbocycles. The van der Waals surface area contributed by atoms with Crippen molar-refractivity contribution in [3.63, 3.8) is 0 Å². The molecule has 0 saturated heterocycles. The summed E-state index contributed by atoms with van der Waals surface area (Å²) in [6, 6.07) is 16.9. The average molecular weight is 250 g/mol. The Bertz CT molecular complexity index is 709. The van der Waals surface area contributed by atoms with Crippen molar-refractivity contribution in [2.75, 3.05) is 0 Å². The highest BCUT2D eigenvalue weighted by Crippen LogP contribution is 2.26. The van der Waals surface area contributed by atoms with Crippen LogP contribution in [0.15, 0.2) is 48.5 Å². The first-order chi connectivity index (χ1) is 9.16. The van der Waals surface area contributed by atoms with E-state index in [9.17, 15) is 0 Å². The van der Waals surface area contributed by atoms with E-state index in [1.54, 1.807) is 0 Å². The molecule has 19 heavy (non-hydrogen) atoms. The molecule has 3 rings (SSSR count). The molecule has 0 radical (unpaired) electrons. The van der Waals surface area contributed by atoms with Crippen molar-refractivity contribution < 1.29 is 0 Å². The zero-order valence-electron chi connectivity index (χ0n) is 11.6. The van der Waals surface area contributed by atoms with E-state index in [0.29, 0.717) is 5.92 Å². The maximum Gasteiger partial charge on any atom is 0.117 e. The minimum Gasteiger partial charge on any atom is -0.296 e. The highest BCUT2D eigenvalue weighted by molar-refractivity contribution is 5.79. The molecular weight excluding hydrogens is 232 g/mol. The van der Waals surface area contributed by atoms with Crippen molar-refractivity contribution in [2.45, 2.75) is 26.7 Å². The Kier molecular flexibility index (Phi) is 2.86. The molecule has 2 nitrogen and oxygen atoms in total. The maximum atomic E-state index is 4.81. The van der Waals surface area contributed by atoms with Gasteiger partial charge in [0.05, 0.1) is 11.0 Å². The zero-order valence-corrected chi connectivity index (χ0v) is 11.6. The van der Waals surface area contributed by atoms with E-state index in [2.05, 4.69) is 67.8 Å². The van der Waals surface area contributed by atoms with Gasteiger partial charge in [-0.15, -0.1) is 0 Å². The molecule has 0 bridgehead atoms. The molecule has 0 aliphatic heterocycles. The molecule has 0 amide bonds. The van der Waals surface area contributed by atoms with Gasteiger partial charge in [0.15, 0.2) is 0 Å². The third-order valence-corrected chi connectivity index (χ3v) is 3.37. The summed E-state index contributed by atoms with van der Waals surface area (Å²) in [5.41, 5.74) is 4.69. The highest BCUT2D eigenvalue weighted by atomic mass is 15.1. The zero-order chi connectivity index (χ0) is 13.4. The predicted octanol–water partition coefficient (Wildman–Crippen LogP) is 4.46. The Balaban J connectivity index is 2.35. The van der Waals surface area contributed by atoms with Gasteiger partial charge in [-0.05, 0) is 36.8 Å². The van der Waals surface area contributed by atoms with Crippen molar-refractivity contribution in [2.24, 2.45) is 0 Å². The Labute approximate surface area is 113 Å². The average Bonchev–Trinajstić information content (AvgIpc) is 2.78. The lowest BCUT2D eigenvalue weighted by molar-refractivity contribution is 0.760. The van der Waals surface area contributed by atoms with Crippen LogP contribution in [0.4, 0.5) is 0 Å². The number of aromatic nitrogens is 2. The molecule has 0 N–H and O–H groups in total. The Hall–Kier alpha value is -2.09. The molecule has 0 fully saturated rings. The molecule has 0 spiro atoms. The van der Waals surface area contributed by atoms with Crippen molar-refractivity contribution in [1.29, 1.82) is 0 Å². The summed E-state index contributed by atoms with van der Waals surface area (Å²) in [6.07, 6.45) is 0. The lowest BCUT2D eigenvalue weighted by Gasteiger charge is -2.11. The molecule has 0 unspecified atom stereocenters. The van der Waals surface area contributed by atoms with Crippen LogP contribution < -0.4 is 0 Å². The third-order valence-electron chi connectivity index (χ3n) is 3.37. The Morgan fingerprint density at radius 3 is 2.42 bits per heavy atom. The van der Waals surface area contributed by atoms with E-state index in [-0.39, 0.29) is 0 Å². The largest absolute Gasteiger partial charge is 0.296 e. The summed E-state index contributed by atoms with van der Waals surface area (Å²) in [7, 11) is 0. The topological polar surface area (TPSA) is 17.8 Å². The van der Waals surface area contributed by atoms with Crippen LogP contribution in [0.1, 0.15) is 31.2 Å². The standard InChI is InChI=1S/C17H18N2/c1-12(2)17-18-15-11-13(3)9-10-16(15)19(17)14-7-5-4-6-8-14/h4-12H,1-3H3. The number of benzene rings is 2. The number of imidazole rings is 1. The molecule has 2 aromatic carbocycles. The minimum atomic E-state index is 0.396. The van der Waals surface area contributed by atoms with Gasteiger partial charge in [0.1, 0.15) is 5.82 Å². The van der Waals surface area contributed by atoms with Gasteiger partial charge < -0.3 is 0 Å². The number of para-hydroxylation sites is 1. The van der Waals surface area contributed by atoms with E-state index in [0.717, 1.165) is 11.3 Å². The van der Waals surface area contributed by atoms with Crippen LogP contribution >= 0.6 is 0 Å². The van der Waals surface area contributed by atoms with E-state index < -0.39 is 0 Å². The van der Waals surface area contributed by atoms with E-state index in [1.807, 2.05) is 6.07 Å². The second-order valence-electron chi connectivity index (χ2n) is 5.29. The van der Waals surface area contributed by atoms with E-state index in [4.69, 9.17) is 4.98 Å². The molecule has 0 atom stereocenters. The fraction of sp³-hybridized carbons (Fsp3) is 0.235. The highest BCUT2D eigenvalue weighted by Gasteiger charge is 2.14. The van der Waals surface area contributed by atoms with Crippen LogP contribution in [0.3, 0.4) is 0 Å². The van der Waals surface area contributed by atoms with Gasteiger partial charge in [-0.2, -0.15) is 0 Å². The number of nitrogens with zero attached hydrogens (tertiary/aromatic N) is 2. The second kappa shape index (κ2) is 4.54. The summed E-state index contributed by atoms with van der Waals surface area (Å²) in [6.45, 7) is 6.48. The summed E-state index contributed by atoms with van der Waals surface area (Å²) >= 11 is 0. The van der Waals surface area contributed by atoms with E-state index >= 15 is 0 Å². The minimum absolute atomic E-state index is 0.396. The molecule has 0 aliphatic rings. The Morgan fingerprint density at radius 1 is 1.00 bits per heavy atom. The molecule has 0 saturated carbocycles. The van der Waals surface area contributed by atoms with Crippen molar-refractivity contribution in [3.05, 3.63) is 59.9 Å². The van der Waals surface area contributed by atoms with Gasteiger partial charge >= 0.3 is 0 Å². The van der Waals surface area contributed by atoms with Crippen molar-refractivity contribution >= 4 is 11.0 Å².